The van der Waals surface area contributed by atoms with Gasteiger partial charge in [-0.05, 0) is 31.0 Å². The average molecular weight is 296 g/mol. The Morgan fingerprint density at radius 2 is 2.10 bits per heavy atom. The van der Waals surface area contributed by atoms with Crippen molar-refractivity contribution in [2.45, 2.75) is 24.9 Å². The summed E-state index contributed by atoms with van der Waals surface area (Å²) >= 11 is 0. The molecule has 0 aliphatic heterocycles. The van der Waals surface area contributed by atoms with Crippen molar-refractivity contribution >= 4 is 11.6 Å². The number of nitrogens with one attached hydrogen (secondary N) is 2. The van der Waals surface area contributed by atoms with Crippen LogP contribution in [0.25, 0.3) is 0 Å². The molecule has 0 bridgehead atoms. The van der Waals surface area contributed by atoms with Crippen molar-refractivity contribution in [2.75, 3.05) is 5.32 Å². The molecule has 5 nitrogen and oxygen atoms in total. The fourth-order valence-corrected chi connectivity index (χ4v) is 1.88. The molecular weight excluding hydrogens is 285 g/mol. The fourth-order valence-electron chi connectivity index (χ4n) is 1.88. The number of carbonyl (C=O) groups is 1. The fraction of sp³-hybridized carbons (Fsp3) is 0.308. The summed E-state index contributed by atoms with van der Waals surface area (Å²) in [5.41, 5.74) is -0.776. The van der Waals surface area contributed by atoms with Gasteiger partial charge in [0.15, 0.2) is 0 Å². The summed E-state index contributed by atoms with van der Waals surface area (Å²) in [6, 6.07) is 4.41. The lowest BCUT2D eigenvalue weighted by Crippen LogP contribution is -2.14. The first-order valence-electron chi connectivity index (χ1n) is 6.34. The largest absolute Gasteiger partial charge is 0.416 e. The van der Waals surface area contributed by atoms with Crippen LogP contribution >= 0.6 is 0 Å². The Morgan fingerprint density at radius 3 is 2.76 bits per heavy atom. The lowest BCUT2D eigenvalue weighted by atomic mass is 10.2. The van der Waals surface area contributed by atoms with Gasteiger partial charge in [0.25, 0.3) is 5.91 Å². The summed E-state index contributed by atoms with van der Waals surface area (Å²) in [5, 5.41) is 8.80. The van der Waals surface area contributed by atoms with Crippen LogP contribution in [-0.4, -0.2) is 21.1 Å². The van der Waals surface area contributed by atoms with Crippen LogP contribution in [0.2, 0.25) is 0 Å². The van der Waals surface area contributed by atoms with Gasteiger partial charge in [-0.3, -0.25) is 9.89 Å². The topological polar surface area (TPSA) is 70.7 Å². The highest BCUT2D eigenvalue weighted by Crippen LogP contribution is 2.37. The molecule has 2 N–H and O–H groups in total. The lowest BCUT2D eigenvalue weighted by molar-refractivity contribution is -0.137. The van der Waals surface area contributed by atoms with E-state index in [1.165, 1.54) is 12.1 Å². The van der Waals surface area contributed by atoms with E-state index < -0.39 is 17.6 Å². The highest BCUT2D eigenvalue weighted by atomic mass is 19.4. The Bertz CT molecular complexity index is 676. The lowest BCUT2D eigenvalue weighted by Gasteiger charge is -2.08. The van der Waals surface area contributed by atoms with E-state index >= 15 is 0 Å². The van der Waals surface area contributed by atoms with Crippen LogP contribution in [0, 0.1) is 0 Å². The zero-order valence-corrected chi connectivity index (χ0v) is 10.7. The molecular formula is C13H11F3N4O. The predicted octanol–water partition coefficient (Wildman–Crippen LogP) is 2.95. The minimum Gasteiger partial charge on any atom is -0.319 e. The number of H-pyrrole nitrogens is 1. The highest BCUT2D eigenvalue weighted by Gasteiger charge is 2.31. The zero-order chi connectivity index (χ0) is 15.0. The second-order valence-corrected chi connectivity index (χ2v) is 4.85. The molecule has 0 unspecified atom stereocenters. The minimum absolute atomic E-state index is 0.0487. The first-order valence-corrected chi connectivity index (χ1v) is 6.34. The van der Waals surface area contributed by atoms with E-state index in [4.69, 9.17) is 0 Å². The number of hydrogen-bond acceptors (Lipinski definition) is 3. The summed E-state index contributed by atoms with van der Waals surface area (Å²) in [6.45, 7) is 0. The Labute approximate surface area is 117 Å². The van der Waals surface area contributed by atoms with E-state index in [2.05, 4.69) is 20.5 Å². The number of anilines is 1. The number of amides is 1. The van der Waals surface area contributed by atoms with Crippen LogP contribution in [0.15, 0.2) is 24.3 Å². The van der Waals surface area contributed by atoms with Crippen molar-refractivity contribution in [3.63, 3.8) is 0 Å². The van der Waals surface area contributed by atoms with Gasteiger partial charge in [0.2, 0.25) is 5.82 Å². The average Bonchev–Trinajstić information content (AvgIpc) is 3.15. The maximum atomic E-state index is 12.6. The Morgan fingerprint density at radius 1 is 1.33 bits per heavy atom. The molecule has 1 fully saturated rings. The number of aromatic amines is 1. The van der Waals surface area contributed by atoms with E-state index in [9.17, 15) is 18.0 Å². The molecule has 1 aliphatic carbocycles. The predicted molar refractivity (Wildman–Crippen MR) is 67.8 cm³/mol. The van der Waals surface area contributed by atoms with E-state index in [-0.39, 0.29) is 11.5 Å². The van der Waals surface area contributed by atoms with Crippen LogP contribution in [-0.2, 0) is 6.18 Å². The van der Waals surface area contributed by atoms with Gasteiger partial charge in [-0.25, -0.2) is 4.98 Å². The van der Waals surface area contributed by atoms with Crippen LogP contribution < -0.4 is 5.32 Å². The first kappa shape index (κ1) is 13.6. The number of aromatic nitrogens is 3. The molecule has 1 aromatic carbocycles. The Hall–Kier alpha value is -2.38. The smallest absolute Gasteiger partial charge is 0.319 e. The summed E-state index contributed by atoms with van der Waals surface area (Å²) in [7, 11) is 0. The molecule has 1 aromatic heterocycles. The molecule has 0 radical (unpaired) electrons. The second-order valence-electron chi connectivity index (χ2n) is 4.85. The second kappa shape index (κ2) is 4.87. The minimum atomic E-state index is -4.45. The summed E-state index contributed by atoms with van der Waals surface area (Å²) in [6.07, 6.45) is -2.45. The summed E-state index contributed by atoms with van der Waals surface area (Å²) in [4.78, 5) is 15.9. The third kappa shape index (κ3) is 3.04. The molecule has 1 aliphatic rings. The standard InChI is InChI=1S/C13H11F3N4O/c14-13(15,16)8-2-1-3-9(6-8)17-12(21)11-18-10(19-20-11)7-4-5-7/h1-3,6-7H,4-5H2,(H,17,21)(H,18,19,20). The van der Waals surface area contributed by atoms with Gasteiger partial charge in [0.1, 0.15) is 5.82 Å². The molecule has 0 atom stereocenters. The SMILES string of the molecule is O=C(Nc1cccc(C(F)(F)F)c1)c1n[nH]c(C2CC2)n1. The molecule has 2 aromatic rings. The van der Waals surface area contributed by atoms with Crippen molar-refractivity contribution in [1.29, 1.82) is 0 Å². The van der Waals surface area contributed by atoms with Gasteiger partial charge in [-0.1, -0.05) is 6.07 Å². The molecule has 0 spiro atoms. The summed E-state index contributed by atoms with van der Waals surface area (Å²) < 4.78 is 37.8. The van der Waals surface area contributed by atoms with E-state index in [1.54, 1.807) is 0 Å². The van der Waals surface area contributed by atoms with Gasteiger partial charge >= 0.3 is 6.18 Å². The third-order valence-electron chi connectivity index (χ3n) is 3.12. The van der Waals surface area contributed by atoms with Gasteiger partial charge in [-0.15, -0.1) is 5.10 Å². The molecule has 3 rings (SSSR count). The molecule has 21 heavy (non-hydrogen) atoms. The van der Waals surface area contributed by atoms with Crippen LogP contribution in [0.1, 0.15) is 40.8 Å². The van der Waals surface area contributed by atoms with Crippen molar-refractivity contribution in [3.05, 3.63) is 41.5 Å². The molecule has 110 valence electrons. The molecule has 1 heterocycles. The van der Waals surface area contributed by atoms with Crippen molar-refractivity contribution in [1.82, 2.24) is 15.2 Å². The number of hydrogen-bond donors (Lipinski definition) is 2. The van der Waals surface area contributed by atoms with E-state index in [1.807, 2.05) is 0 Å². The highest BCUT2D eigenvalue weighted by molar-refractivity contribution is 6.01. The Kier molecular flexibility index (Phi) is 3.15. The molecule has 1 saturated carbocycles. The summed E-state index contributed by atoms with van der Waals surface area (Å²) in [5.74, 6) is 0.239. The van der Waals surface area contributed by atoms with Crippen LogP contribution in [0.4, 0.5) is 18.9 Å². The van der Waals surface area contributed by atoms with Crippen molar-refractivity contribution < 1.29 is 18.0 Å². The molecule has 8 heteroatoms. The van der Waals surface area contributed by atoms with Gasteiger partial charge in [0, 0.05) is 11.6 Å². The van der Waals surface area contributed by atoms with Gasteiger partial charge in [0.05, 0.1) is 5.56 Å². The van der Waals surface area contributed by atoms with E-state index in [0.717, 1.165) is 25.0 Å². The van der Waals surface area contributed by atoms with E-state index in [0.29, 0.717) is 11.7 Å². The van der Waals surface area contributed by atoms with Gasteiger partial charge in [-0.2, -0.15) is 13.2 Å². The quantitative estimate of drug-likeness (QED) is 0.914. The molecule has 1 amide bonds. The van der Waals surface area contributed by atoms with Crippen LogP contribution in [0.3, 0.4) is 0 Å². The number of benzene rings is 1. The first-order chi connectivity index (χ1) is 9.93. The number of nitrogens with zero attached hydrogens (tertiary/aromatic N) is 2. The van der Waals surface area contributed by atoms with Crippen molar-refractivity contribution in [3.8, 4) is 0 Å². The van der Waals surface area contributed by atoms with Gasteiger partial charge < -0.3 is 5.32 Å². The number of alkyl halides is 3. The monoisotopic (exact) mass is 296 g/mol. The van der Waals surface area contributed by atoms with Crippen molar-refractivity contribution in [2.24, 2.45) is 0 Å². The normalized spacial score (nSPS) is 15.0. The number of halogens is 3. The number of carbonyl (C=O) groups excluding carboxylic acids is 1. The maximum Gasteiger partial charge on any atom is 0.416 e. The van der Waals surface area contributed by atoms with Crippen LogP contribution in [0.5, 0.6) is 0 Å². The molecule has 0 saturated heterocycles. The zero-order valence-electron chi connectivity index (χ0n) is 10.7. The number of rotatable bonds is 3. The third-order valence-corrected chi connectivity index (χ3v) is 3.12. The maximum absolute atomic E-state index is 12.6. The Balaban J connectivity index is 1.74.